The summed E-state index contributed by atoms with van der Waals surface area (Å²) >= 11 is 1.50. The maximum Gasteiger partial charge on any atom is 0.312 e. The second kappa shape index (κ2) is 5.53. The van der Waals surface area contributed by atoms with Gasteiger partial charge in [0.15, 0.2) is 0 Å². The summed E-state index contributed by atoms with van der Waals surface area (Å²) in [5, 5.41) is 2.80. The molecule has 0 atom stereocenters. The van der Waals surface area contributed by atoms with Gasteiger partial charge < -0.3 is 4.74 Å². The zero-order chi connectivity index (χ0) is 14.0. The Morgan fingerprint density at radius 1 is 1.26 bits per heavy atom. The van der Waals surface area contributed by atoms with Crippen molar-refractivity contribution >= 4 is 17.3 Å². The molecule has 0 aliphatic heterocycles. The molecule has 0 saturated heterocycles. The molecule has 2 rings (SSSR count). The van der Waals surface area contributed by atoms with Crippen molar-refractivity contribution in [1.82, 2.24) is 4.98 Å². The number of aryl methyl sites for hydroxylation is 3. The van der Waals surface area contributed by atoms with Crippen molar-refractivity contribution in [1.29, 1.82) is 0 Å². The van der Waals surface area contributed by atoms with E-state index in [0.717, 1.165) is 16.3 Å². The third-order valence-corrected chi connectivity index (χ3v) is 3.86. The van der Waals surface area contributed by atoms with Crippen molar-refractivity contribution in [3.05, 3.63) is 39.2 Å². The number of nitrogens with zero attached hydrogens (tertiary/aromatic N) is 1. The number of methoxy groups -OCH3 is 1. The van der Waals surface area contributed by atoms with E-state index in [1.165, 1.54) is 35.1 Å². The highest BCUT2D eigenvalue weighted by molar-refractivity contribution is 7.10. The van der Waals surface area contributed by atoms with Crippen LogP contribution in [0.2, 0.25) is 0 Å². The summed E-state index contributed by atoms with van der Waals surface area (Å²) in [5.74, 6) is -0.252. The number of thiazole rings is 1. The number of esters is 1. The Morgan fingerprint density at radius 3 is 2.47 bits per heavy atom. The van der Waals surface area contributed by atoms with E-state index in [-0.39, 0.29) is 12.4 Å². The summed E-state index contributed by atoms with van der Waals surface area (Å²) in [6.45, 7) is 6.27. The highest BCUT2D eigenvalue weighted by Gasteiger charge is 2.12. The van der Waals surface area contributed by atoms with E-state index in [1.807, 2.05) is 5.38 Å². The first-order chi connectivity index (χ1) is 9.01. The summed E-state index contributed by atoms with van der Waals surface area (Å²) in [5.41, 5.74) is 5.79. The summed E-state index contributed by atoms with van der Waals surface area (Å²) in [6.07, 6.45) is 0.241. The lowest BCUT2D eigenvalue weighted by Crippen LogP contribution is -2.04. The fourth-order valence-electron chi connectivity index (χ4n) is 2.29. The molecule has 0 fully saturated rings. The van der Waals surface area contributed by atoms with E-state index in [9.17, 15) is 4.79 Å². The van der Waals surface area contributed by atoms with E-state index in [0.29, 0.717) is 0 Å². The highest BCUT2D eigenvalue weighted by Crippen LogP contribution is 2.29. The third kappa shape index (κ3) is 3.01. The van der Waals surface area contributed by atoms with E-state index in [4.69, 9.17) is 0 Å². The first-order valence-electron chi connectivity index (χ1n) is 6.10. The lowest BCUT2D eigenvalue weighted by molar-refractivity contribution is -0.139. The van der Waals surface area contributed by atoms with Crippen LogP contribution in [-0.4, -0.2) is 18.1 Å². The molecule has 0 bridgehead atoms. The molecule has 4 heteroatoms. The van der Waals surface area contributed by atoms with Crippen molar-refractivity contribution in [3.8, 4) is 11.3 Å². The van der Waals surface area contributed by atoms with Crippen molar-refractivity contribution in [2.75, 3.05) is 7.11 Å². The van der Waals surface area contributed by atoms with Gasteiger partial charge >= 0.3 is 5.97 Å². The zero-order valence-electron chi connectivity index (χ0n) is 11.6. The summed E-state index contributed by atoms with van der Waals surface area (Å²) in [7, 11) is 1.39. The van der Waals surface area contributed by atoms with Crippen LogP contribution in [-0.2, 0) is 16.0 Å². The van der Waals surface area contributed by atoms with Crippen molar-refractivity contribution in [2.45, 2.75) is 27.2 Å². The lowest BCUT2D eigenvalue weighted by Gasteiger charge is -2.08. The lowest BCUT2D eigenvalue weighted by atomic mass is 9.98. The van der Waals surface area contributed by atoms with Gasteiger partial charge in [-0.05, 0) is 31.9 Å². The number of hydrogen-bond acceptors (Lipinski definition) is 4. The van der Waals surface area contributed by atoms with E-state index in [2.05, 4.69) is 42.6 Å². The quantitative estimate of drug-likeness (QED) is 0.805. The molecule has 0 spiro atoms. The fraction of sp³-hybridized carbons (Fsp3) is 0.333. The van der Waals surface area contributed by atoms with Crippen LogP contribution in [0.25, 0.3) is 11.3 Å². The van der Waals surface area contributed by atoms with Gasteiger partial charge in [0.1, 0.15) is 5.01 Å². The molecule has 0 aliphatic rings. The van der Waals surface area contributed by atoms with Gasteiger partial charge in [-0.15, -0.1) is 11.3 Å². The number of carbonyl (C=O) groups excluding carboxylic acids is 1. The SMILES string of the molecule is COC(=O)Cc1nc(-c2c(C)cc(C)cc2C)cs1. The van der Waals surface area contributed by atoms with Crippen LogP contribution >= 0.6 is 11.3 Å². The Balaban J connectivity index is 2.36. The van der Waals surface area contributed by atoms with Gasteiger partial charge in [0.25, 0.3) is 0 Å². The minimum Gasteiger partial charge on any atom is -0.469 e. The van der Waals surface area contributed by atoms with Crippen molar-refractivity contribution < 1.29 is 9.53 Å². The molecule has 0 unspecified atom stereocenters. The molecule has 3 nitrogen and oxygen atoms in total. The summed E-state index contributed by atoms with van der Waals surface area (Å²) in [6, 6.07) is 4.31. The smallest absolute Gasteiger partial charge is 0.312 e. The first-order valence-corrected chi connectivity index (χ1v) is 6.98. The zero-order valence-corrected chi connectivity index (χ0v) is 12.4. The molecule has 1 aromatic heterocycles. The number of aromatic nitrogens is 1. The van der Waals surface area contributed by atoms with Gasteiger partial charge in [0, 0.05) is 10.9 Å². The summed E-state index contributed by atoms with van der Waals surface area (Å²) in [4.78, 5) is 15.8. The number of benzene rings is 1. The van der Waals surface area contributed by atoms with Crippen LogP contribution in [0, 0.1) is 20.8 Å². The number of carbonyl (C=O) groups is 1. The fourth-order valence-corrected chi connectivity index (χ4v) is 3.06. The van der Waals surface area contributed by atoms with Crippen LogP contribution in [0.15, 0.2) is 17.5 Å². The molecule has 2 aromatic rings. The molecular weight excluding hydrogens is 258 g/mol. The molecule has 0 N–H and O–H groups in total. The van der Waals surface area contributed by atoms with E-state index in [1.54, 1.807) is 0 Å². The van der Waals surface area contributed by atoms with Crippen LogP contribution in [0.1, 0.15) is 21.7 Å². The second-order valence-electron chi connectivity index (χ2n) is 4.65. The third-order valence-electron chi connectivity index (χ3n) is 3.01. The summed E-state index contributed by atoms with van der Waals surface area (Å²) < 4.78 is 4.66. The van der Waals surface area contributed by atoms with Crippen molar-refractivity contribution in [3.63, 3.8) is 0 Å². The second-order valence-corrected chi connectivity index (χ2v) is 5.60. The highest BCUT2D eigenvalue weighted by atomic mass is 32.1. The molecule has 0 saturated carbocycles. The minimum absolute atomic E-state index is 0.241. The van der Waals surface area contributed by atoms with Crippen LogP contribution < -0.4 is 0 Å². The largest absolute Gasteiger partial charge is 0.469 e. The molecule has 19 heavy (non-hydrogen) atoms. The Labute approximate surface area is 117 Å². The van der Waals surface area contributed by atoms with Crippen LogP contribution in [0.4, 0.5) is 0 Å². The molecule has 0 amide bonds. The standard InChI is InChI=1S/C15H17NO2S/c1-9-5-10(2)15(11(3)6-9)12-8-19-13(16-12)7-14(17)18-4/h5-6,8H,7H2,1-4H3. The van der Waals surface area contributed by atoms with E-state index < -0.39 is 0 Å². The number of hydrogen-bond donors (Lipinski definition) is 0. The molecule has 0 radical (unpaired) electrons. The average molecular weight is 275 g/mol. The predicted molar refractivity (Wildman–Crippen MR) is 77.5 cm³/mol. The van der Waals surface area contributed by atoms with Gasteiger partial charge in [-0.25, -0.2) is 4.98 Å². The maximum atomic E-state index is 11.2. The monoisotopic (exact) mass is 275 g/mol. The van der Waals surface area contributed by atoms with Crippen molar-refractivity contribution in [2.24, 2.45) is 0 Å². The Morgan fingerprint density at radius 2 is 1.89 bits per heavy atom. The molecule has 100 valence electrons. The number of ether oxygens (including phenoxy) is 1. The Bertz CT molecular complexity index is 593. The number of rotatable bonds is 3. The van der Waals surface area contributed by atoms with Crippen LogP contribution in [0.5, 0.6) is 0 Å². The molecule has 0 aliphatic carbocycles. The normalized spacial score (nSPS) is 10.5. The van der Waals surface area contributed by atoms with Gasteiger partial charge in [-0.3, -0.25) is 4.79 Å². The molecular formula is C15H17NO2S. The van der Waals surface area contributed by atoms with Gasteiger partial charge in [-0.1, -0.05) is 17.7 Å². The predicted octanol–water partition coefficient (Wildman–Crippen LogP) is 3.45. The van der Waals surface area contributed by atoms with Gasteiger partial charge in [-0.2, -0.15) is 0 Å². The van der Waals surface area contributed by atoms with E-state index >= 15 is 0 Å². The molecule has 1 aromatic carbocycles. The topological polar surface area (TPSA) is 39.2 Å². The first kappa shape index (κ1) is 13.7. The Kier molecular flexibility index (Phi) is 4.00. The average Bonchev–Trinajstić information content (AvgIpc) is 2.75. The van der Waals surface area contributed by atoms with Gasteiger partial charge in [0.2, 0.25) is 0 Å². The van der Waals surface area contributed by atoms with Gasteiger partial charge in [0.05, 0.1) is 19.2 Å². The van der Waals surface area contributed by atoms with Crippen LogP contribution in [0.3, 0.4) is 0 Å². The molecule has 1 heterocycles. The maximum absolute atomic E-state index is 11.2. The Hall–Kier alpha value is -1.68. The minimum atomic E-state index is -0.252.